The van der Waals surface area contributed by atoms with Crippen LogP contribution in [-0.2, 0) is 11.0 Å². The Balaban J connectivity index is 3.07. The maximum atomic E-state index is 12.8. The number of nitriles is 1. The monoisotopic (exact) mass is 283 g/mol. The molecule has 6 heteroatoms. The van der Waals surface area contributed by atoms with E-state index in [1.165, 1.54) is 13.0 Å². The first-order chi connectivity index (χ1) is 8.84. The summed E-state index contributed by atoms with van der Waals surface area (Å²) in [6.45, 7) is 1.36. The minimum Gasteiger partial charge on any atom is -0.288 e. The number of rotatable bonds is 1. The van der Waals surface area contributed by atoms with Gasteiger partial charge >= 0.3 is 6.18 Å². The summed E-state index contributed by atoms with van der Waals surface area (Å²) >= 11 is 0.925. The first-order valence-corrected chi connectivity index (χ1v) is 6.06. The van der Waals surface area contributed by atoms with Crippen molar-refractivity contribution in [2.75, 3.05) is 5.75 Å². The molecule has 0 fully saturated rings. The second kappa shape index (κ2) is 6.31. The number of alkyl halides is 3. The molecule has 0 radical (unpaired) electrons. The SMILES string of the molecule is CC(=O)SCC#Cc1ccc(C#N)cc1C(F)(F)F. The molecule has 19 heavy (non-hydrogen) atoms. The van der Waals surface area contributed by atoms with Gasteiger partial charge < -0.3 is 0 Å². The van der Waals surface area contributed by atoms with Crippen LogP contribution in [0, 0.1) is 23.2 Å². The van der Waals surface area contributed by atoms with Crippen LogP contribution in [0.1, 0.15) is 23.6 Å². The van der Waals surface area contributed by atoms with Crippen LogP contribution >= 0.6 is 11.8 Å². The smallest absolute Gasteiger partial charge is 0.288 e. The lowest BCUT2D eigenvalue weighted by molar-refractivity contribution is -0.137. The Hall–Kier alpha value is -1.92. The van der Waals surface area contributed by atoms with E-state index in [4.69, 9.17) is 5.26 Å². The number of thioether (sulfide) groups is 1. The summed E-state index contributed by atoms with van der Waals surface area (Å²) in [6.07, 6.45) is -4.56. The predicted octanol–water partition coefficient (Wildman–Crippen LogP) is 3.21. The molecule has 0 aliphatic rings. The fraction of sp³-hybridized carbons (Fsp3) is 0.231. The molecule has 0 saturated carbocycles. The lowest BCUT2D eigenvalue weighted by Gasteiger charge is -2.09. The Morgan fingerprint density at radius 2 is 2.11 bits per heavy atom. The standard InChI is InChI=1S/C13H8F3NOS/c1-9(18)19-6-2-3-11-5-4-10(8-17)7-12(11)13(14,15)16/h4-5,7H,6H2,1H3. The molecule has 0 aliphatic heterocycles. The van der Waals surface area contributed by atoms with Crippen molar-refractivity contribution in [3.05, 3.63) is 34.9 Å². The quantitative estimate of drug-likeness (QED) is 0.743. The van der Waals surface area contributed by atoms with Gasteiger partial charge in [-0.3, -0.25) is 4.79 Å². The van der Waals surface area contributed by atoms with Gasteiger partial charge in [-0.25, -0.2) is 0 Å². The Labute approximate surface area is 112 Å². The fourth-order valence-electron chi connectivity index (χ4n) is 1.23. The highest BCUT2D eigenvalue weighted by atomic mass is 32.2. The number of hydrogen-bond donors (Lipinski definition) is 0. The second-order valence-corrected chi connectivity index (χ2v) is 4.60. The highest BCUT2D eigenvalue weighted by Gasteiger charge is 2.33. The highest BCUT2D eigenvalue weighted by molar-refractivity contribution is 8.13. The first kappa shape index (κ1) is 15.1. The zero-order valence-corrected chi connectivity index (χ0v) is 10.7. The van der Waals surface area contributed by atoms with Crippen molar-refractivity contribution in [3.63, 3.8) is 0 Å². The van der Waals surface area contributed by atoms with Crippen molar-refractivity contribution < 1.29 is 18.0 Å². The molecular formula is C13H8F3NOS. The van der Waals surface area contributed by atoms with Crippen LogP contribution in [0.4, 0.5) is 13.2 Å². The molecule has 98 valence electrons. The van der Waals surface area contributed by atoms with Gasteiger partial charge in [0, 0.05) is 12.5 Å². The minimum atomic E-state index is -4.56. The van der Waals surface area contributed by atoms with Crippen molar-refractivity contribution in [3.8, 4) is 17.9 Å². The third-order valence-corrected chi connectivity index (χ3v) is 2.72. The largest absolute Gasteiger partial charge is 0.417 e. The number of halogens is 3. The first-order valence-electron chi connectivity index (χ1n) is 5.08. The van der Waals surface area contributed by atoms with Crippen LogP contribution < -0.4 is 0 Å². The molecule has 0 amide bonds. The molecule has 1 aromatic carbocycles. The summed E-state index contributed by atoms with van der Waals surface area (Å²) in [5, 5.41) is 8.45. The molecule has 1 aromatic rings. The number of hydrogen-bond acceptors (Lipinski definition) is 3. The average molecular weight is 283 g/mol. The van der Waals surface area contributed by atoms with Gasteiger partial charge in [-0.15, -0.1) is 0 Å². The van der Waals surface area contributed by atoms with Gasteiger partial charge in [0.05, 0.1) is 22.9 Å². The summed E-state index contributed by atoms with van der Waals surface area (Å²) < 4.78 is 38.3. The zero-order valence-electron chi connectivity index (χ0n) is 9.84. The number of carbonyl (C=O) groups is 1. The molecule has 0 saturated heterocycles. The summed E-state index contributed by atoms with van der Waals surface area (Å²) in [7, 11) is 0. The van der Waals surface area contributed by atoms with Crippen molar-refractivity contribution >= 4 is 16.9 Å². The second-order valence-electron chi connectivity index (χ2n) is 3.45. The molecular weight excluding hydrogens is 275 g/mol. The number of benzene rings is 1. The van der Waals surface area contributed by atoms with E-state index >= 15 is 0 Å². The van der Waals surface area contributed by atoms with Crippen LogP contribution in [0.3, 0.4) is 0 Å². The molecule has 2 nitrogen and oxygen atoms in total. The van der Waals surface area contributed by atoms with E-state index in [0.29, 0.717) is 0 Å². The number of carbonyl (C=O) groups excluding carboxylic acids is 1. The van der Waals surface area contributed by atoms with Crippen molar-refractivity contribution in [2.45, 2.75) is 13.1 Å². The van der Waals surface area contributed by atoms with Crippen LogP contribution in [0.5, 0.6) is 0 Å². The minimum absolute atomic E-state index is 0.0732. The van der Waals surface area contributed by atoms with Crippen LogP contribution in [0.25, 0.3) is 0 Å². The zero-order chi connectivity index (χ0) is 14.5. The summed E-state index contributed by atoms with van der Waals surface area (Å²) in [5.41, 5.74) is -1.21. The summed E-state index contributed by atoms with van der Waals surface area (Å²) in [4.78, 5) is 10.6. The topological polar surface area (TPSA) is 40.9 Å². The third-order valence-electron chi connectivity index (χ3n) is 2.02. The van der Waals surface area contributed by atoms with E-state index < -0.39 is 11.7 Å². The van der Waals surface area contributed by atoms with Gasteiger partial charge in [0.2, 0.25) is 0 Å². The maximum Gasteiger partial charge on any atom is 0.417 e. The third kappa shape index (κ3) is 4.69. The normalized spacial score (nSPS) is 10.3. The molecule has 0 heterocycles. The summed E-state index contributed by atoms with van der Waals surface area (Å²) in [5.74, 6) is 5.00. The summed E-state index contributed by atoms with van der Waals surface area (Å²) in [6, 6.07) is 4.85. The Bertz CT molecular complexity index is 591. The highest BCUT2D eigenvalue weighted by Crippen LogP contribution is 2.32. The lowest BCUT2D eigenvalue weighted by atomic mass is 10.0. The van der Waals surface area contributed by atoms with E-state index in [-0.39, 0.29) is 22.0 Å². The van der Waals surface area contributed by atoms with Gasteiger partial charge in [0.25, 0.3) is 0 Å². The molecule has 0 aliphatic carbocycles. The Kier molecular flexibility index (Phi) is 5.02. The van der Waals surface area contributed by atoms with E-state index in [0.717, 1.165) is 23.9 Å². The van der Waals surface area contributed by atoms with Crippen molar-refractivity contribution in [1.82, 2.24) is 0 Å². The maximum absolute atomic E-state index is 12.8. The molecule has 0 N–H and O–H groups in total. The van der Waals surface area contributed by atoms with E-state index in [1.807, 2.05) is 0 Å². The predicted molar refractivity (Wildman–Crippen MR) is 66.2 cm³/mol. The van der Waals surface area contributed by atoms with E-state index in [9.17, 15) is 18.0 Å². The Morgan fingerprint density at radius 1 is 1.42 bits per heavy atom. The average Bonchev–Trinajstić information content (AvgIpc) is 2.33. The van der Waals surface area contributed by atoms with Gasteiger partial charge in [0.15, 0.2) is 5.12 Å². The van der Waals surface area contributed by atoms with Gasteiger partial charge in [-0.2, -0.15) is 18.4 Å². The molecule has 0 bridgehead atoms. The van der Waals surface area contributed by atoms with Gasteiger partial charge in [-0.05, 0) is 18.2 Å². The van der Waals surface area contributed by atoms with Crippen LogP contribution in [0.15, 0.2) is 18.2 Å². The van der Waals surface area contributed by atoms with Crippen LogP contribution in [0.2, 0.25) is 0 Å². The molecule has 0 atom stereocenters. The molecule has 0 aromatic heterocycles. The molecule has 0 unspecified atom stereocenters. The van der Waals surface area contributed by atoms with Crippen molar-refractivity contribution in [1.29, 1.82) is 5.26 Å². The van der Waals surface area contributed by atoms with Gasteiger partial charge in [-0.1, -0.05) is 23.6 Å². The van der Waals surface area contributed by atoms with E-state index in [2.05, 4.69) is 11.8 Å². The number of nitrogens with zero attached hydrogens (tertiary/aromatic N) is 1. The molecule has 0 spiro atoms. The molecule has 1 rings (SSSR count). The van der Waals surface area contributed by atoms with E-state index in [1.54, 1.807) is 6.07 Å². The van der Waals surface area contributed by atoms with Gasteiger partial charge in [0.1, 0.15) is 0 Å². The van der Waals surface area contributed by atoms with Crippen molar-refractivity contribution in [2.24, 2.45) is 0 Å². The fourth-order valence-corrected chi connectivity index (χ4v) is 1.57. The van der Waals surface area contributed by atoms with Crippen LogP contribution in [-0.4, -0.2) is 10.9 Å². The Morgan fingerprint density at radius 3 is 2.63 bits per heavy atom. The lowest BCUT2D eigenvalue weighted by Crippen LogP contribution is -2.08.